The Kier molecular flexibility index (Phi) is 7.92. The van der Waals surface area contributed by atoms with Crippen molar-refractivity contribution < 1.29 is 40.2 Å². The maximum Gasteiger partial charge on any atom is 0.387 e. The molecule has 1 atom stereocenters. The van der Waals surface area contributed by atoms with Crippen LogP contribution in [0.3, 0.4) is 0 Å². The van der Waals surface area contributed by atoms with E-state index in [0.717, 1.165) is 35.8 Å². The quantitative estimate of drug-likeness (QED) is 0.279. The molecule has 0 aliphatic carbocycles. The van der Waals surface area contributed by atoms with Crippen LogP contribution in [0, 0.1) is 12.7 Å². The summed E-state index contributed by atoms with van der Waals surface area (Å²) in [7, 11) is -4.13. The SMILES string of the molecule is Cc1cccc(S(=O)(=O)N2C[C@H](CCC(=O)C(C)(C)F)Oc3ccc(-c4cc(F)cc(OC(F)F)c4)cc32)c1. The van der Waals surface area contributed by atoms with Crippen LogP contribution in [0.25, 0.3) is 11.1 Å². The molecule has 0 N–H and O–H groups in total. The van der Waals surface area contributed by atoms with E-state index in [4.69, 9.17) is 4.74 Å². The first kappa shape index (κ1) is 28.4. The van der Waals surface area contributed by atoms with Gasteiger partial charge in [-0.15, -0.1) is 0 Å². The molecular formula is C28H27F4NO5S. The van der Waals surface area contributed by atoms with Gasteiger partial charge in [0.05, 0.1) is 17.1 Å². The smallest absolute Gasteiger partial charge is 0.387 e. The van der Waals surface area contributed by atoms with Crippen LogP contribution in [0.1, 0.15) is 32.3 Å². The van der Waals surface area contributed by atoms with Gasteiger partial charge in [-0.05, 0) is 80.3 Å². The molecule has 1 aliphatic rings. The minimum absolute atomic E-state index is 0.0267. The maximum atomic E-state index is 14.2. The third kappa shape index (κ3) is 6.52. The second-order valence-corrected chi connectivity index (χ2v) is 11.6. The van der Waals surface area contributed by atoms with Crippen LogP contribution >= 0.6 is 0 Å². The van der Waals surface area contributed by atoms with Crippen LogP contribution in [0.5, 0.6) is 11.5 Å². The number of aryl methyl sites for hydroxylation is 1. The molecule has 0 unspecified atom stereocenters. The Labute approximate surface area is 224 Å². The van der Waals surface area contributed by atoms with Crippen LogP contribution in [-0.2, 0) is 14.8 Å². The first-order chi connectivity index (χ1) is 18.2. The van der Waals surface area contributed by atoms with Crippen LogP contribution in [0.15, 0.2) is 65.6 Å². The number of hydrogen-bond donors (Lipinski definition) is 0. The van der Waals surface area contributed by atoms with Gasteiger partial charge in [-0.1, -0.05) is 18.2 Å². The molecule has 0 saturated heterocycles. The molecule has 0 radical (unpaired) electrons. The van der Waals surface area contributed by atoms with E-state index in [1.807, 2.05) is 0 Å². The van der Waals surface area contributed by atoms with E-state index in [2.05, 4.69) is 4.74 Å². The zero-order chi connectivity index (χ0) is 28.5. The van der Waals surface area contributed by atoms with Gasteiger partial charge in [0.1, 0.15) is 23.4 Å². The summed E-state index contributed by atoms with van der Waals surface area (Å²) >= 11 is 0. The number of rotatable bonds is 9. The van der Waals surface area contributed by atoms with Crippen molar-refractivity contribution in [3.8, 4) is 22.6 Å². The Bertz CT molecular complexity index is 1490. The van der Waals surface area contributed by atoms with E-state index in [9.17, 15) is 30.8 Å². The number of alkyl halides is 3. The molecule has 1 aliphatic heterocycles. The molecule has 0 aromatic heterocycles. The summed E-state index contributed by atoms with van der Waals surface area (Å²) < 4.78 is 92.8. The Hall–Kier alpha value is -3.60. The van der Waals surface area contributed by atoms with Crippen molar-refractivity contribution in [1.29, 1.82) is 0 Å². The van der Waals surface area contributed by atoms with Crippen LogP contribution in [0.4, 0.5) is 23.2 Å². The zero-order valence-electron chi connectivity index (χ0n) is 21.5. The molecule has 1 heterocycles. The Morgan fingerprint density at radius 3 is 2.51 bits per heavy atom. The molecule has 0 saturated carbocycles. The number of Topliss-reactive ketones (excluding diaryl/α,β-unsaturated/α-hetero) is 1. The summed E-state index contributed by atoms with van der Waals surface area (Å²) in [5.41, 5.74) is -0.667. The summed E-state index contributed by atoms with van der Waals surface area (Å²) in [4.78, 5) is 12.2. The summed E-state index contributed by atoms with van der Waals surface area (Å²) in [6.45, 7) is 0.744. The fourth-order valence-corrected chi connectivity index (χ4v) is 5.87. The van der Waals surface area contributed by atoms with E-state index in [1.54, 1.807) is 19.1 Å². The lowest BCUT2D eigenvalue weighted by Crippen LogP contribution is -2.44. The van der Waals surface area contributed by atoms with E-state index < -0.39 is 45.8 Å². The van der Waals surface area contributed by atoms with Crippen molar-refractivity contribution in [3.63, 3.8) is 0 Å². The summed E-state index contributed by atoms with van der Waals surface area (Å²) in [6.07, 6.45) is -0.837. The topological polar surface area (TPSA) is 72.9 Å². The highest BCUT2D eigenvalue weighted by atomic mass is 32.2. The largest absolute Gasteiger partial charge is 0.486 e. The lowest BCUT2D eigenvalue weighted by atomic mass is 9.99. The van der Waals surface area contributed by atoms with Gasteiger partial charge in [0.25, 0.3) is 10.0 Å². The van der Waals surface area contributed by atoms with Crippen molar-refractivity contribution in [2.45, 2.75) is 56.9 Å². The molecule has 6 nitrogen and oxygen atoms in total. The monoisotopic (exact) mass is 565 g/mol. The Morgan fingerprint density at radius 2 is 1.85 bits per heavy atom. The van der Waals surface area contributed by atoms with Gasteiger partial charge in [-0.3, -0.25) is 9.10 Å². The van der Waals surface area contributed by atoms with Crippen molar-refractivity contribution in [3.05, 3.63) is 72.0 Å². The number of ether oxygens (including phenoxy) is 2. The van der Waals surface area contributed by atoms with E-state index >= 15 is 0 Å². The molecule has 4 rings (SSSR count). The fraction of sp³-hybridized carbons (Fsp3) is 0.321. The summed E-state index contributed by atoms with van der Waals surface area (Å²) in [5.74, 6) is -1.66. The second-order valence-electron chi connectivity index (χ2n) is 9.76. The van der Waals surface area contributed by atoms with Gasteiger partial charge in [0.2, 0.25) is 0 Å². The first-order valence-corrected chi connectivity index (χ1v) is 13.6. The lowest BCUT2D eigenvalue weighted by molar-refractivity contribution is -0.129. The highest BCUT2D eigenvalue weighted by Gasteiger charge is 2.36. The molecule has 39 heavy (non-hydrogen) atoms. The van der Waals surface area contributed by atoms with E-state index in [1.165, 1.54) is 36.4 Å². The van der Waals surface area contributed by atoms with E-state index in [0.29, 0.717) is 5.56 Å². The van der Waals surface area contributed by atoms with Gasteiger partial charge >= 0.3 is 6.61 Å². The Morgan fingerprint density at radius 1 is 1.10 bits per heavy atom. The van der Waals surface area contributed by atoms with Gasteiger partial charge < -0.3 is 9.47 Å². The van der Waals surface area contributed by atoms with Crippen LogP contribution < -0.4 is 13.8 Å². The standard InChI is InChI=1S/C28H27F4NO5S/c1-17-5-4-6-23(11-17)39(35,36)33-16-21(8-10-26(34)28(2,3)32)37-25-9-7-18(14-24(25)33)19-12-20(29)15-22(13-19)38-27(30)31/h4-7,9,11-15,21,27H,8,10,16H2,1-3H3/t21-/m0/s1. The Balaban J connectivity index is 1.76. The molecule has 11 heteroatoms. The number of anilines is 1. The number of nitrogens with zero attached hydrogens (tertiary/aromatic N) is 1. The molecule has 208 valence electrons. The van der Waals surface area contributed by atoms with Crippen molar-refractivity contribution in [2.75, 3.05) is 10.8 Å². The fourth-order valence-electron chi connectivity index (χ4n) is 4.26. The minimum Gasteiger partial charge on any atom is -0.486 e. The number of sulfonamides is 1. The molecule has 0 bridgehead atoms. The van der Waals surface area contributed by atoms with Crippen LogP contribution in [-0.4, -0.2) is 39.1 Å². The van der Waals surface area contributed by atoms with Crippen molar-refractivity contribution in [2.24, 2.45) is 0 Å². The first-order valence-electron chi connectivity index (χ1n) is 12.1. The molecule has 0 spiro atoms. The minimum atomic E-state index is -4.13. The third-order valence-corrected chi connectivity index (χ3v) is 8.03. The van der Waals surface area contributed by atoms with Gasteiger partial charge in [0, 0.05) is 12.5 Å². The predicted molar refractivity (Wildman–Crippen MR) is 138 cm³/mol. The van der Waals surface area contributed by atoms with Crippen LogP contribution in [0.2, 0.25) is 0 Å². The van der Waals surface area contributed by atoms with Crippen molar-refractivity contribution >= 4 is 21.5 Å². The molecular weight excluding hydrogens is 538 g/mol. The highest BCUT2D eigenvalue weighted by Crippen LogP contribution is 2.41. The van der Waals surface area contributed by atoms with Crippen molar-refractivity contribution in [1.82, 2.24) is 0 Å². The zero-order valence-corrected chi connectivity index (χ0v) is 22.3. The lowest BCUT2D eigenvalue weighted by Gasteiger charge is -2.36. The van der Waals surface area contributed by atoms with Gasteiger partial charge in [-0.2, -0.15) is 8.78 Å². The average molecular weight is 566 g/mol. The number of fused-ring (bicyclic) bond motifs is 1. The van der Waals surface area contributed by atoms with E-state index in [-0.39, 0.29) is 41.3 Å². The average Bonchev–Trinajstić information content (AvgIpc) is 2.85. The number of carbonyl (C=O) groups is 1. The molecule has 0 amide bonds. The molecule has 0 fully saturated rings. The summed E-state index contributed by atoms with van der Waals surface area (Å²) in [5, 5.41) is 0. The number of halogens is 4. The highest BCUT2D eigenvalue weighted by molar-refractivity contribution is 7.92. The number of hydrogen-bond acceptors (Lipinski definition) is 5. The maximum absolute atomic E-state index is 14.2. The second kappa shape index (κ2) is 10.9. The molecule has 3 aromatic rings. The number of benzene rings is 3. The predicted octanol–water partition coefficient (Wildman–Crippen LogP) is 6.46. The van der Waals surface area contributed by atoms with Gasteiger partial charge in [0.15, 0.2) is 11.5 Å². The number of ketones is 1. The summed E-state index contributed by atoms with van der Waals surface area (Å²) in [6, 6.07) is 13.9. The molecule has 3 aromatic carbocycles. The normalized spacial score (nSPS) is 15.6. The van der Waals surface area contributed by atoms with Gasteiger partial charge in [-0.25, -0.2) is 17.2 Å². The third-order valence-electron chi connectivity index (χ3n) is 6.25. The number of carbonyl (C=O) groups excluding carboxylic acids is 1.